The molecule has 0 fully saturated rings. The first-order valence-corrected chi connectivity index (χ1v) is 9.00. The van der Waals surface area contributed by atoms with Crippen LogP contribution in [-0.4, -0.2) is 18.2 Å². The van der Waals surface area contributed by atoms with Gasteiger partial charge in [-0.2, -0.15) is 0 Å². The number of carboxylic acid groups (broad SMARTS) is 1. The summed E-state index contributed by atoms with van der Waals surface area (Å²) in [6.07, 6.45) is 0.00698. The Labute approximate surface area is 162 Å². The molecule has 0 aromatic heterocycles. The molecule has 2 aromatic rings. The van der Waals surface area contributed by atoms with Gasteiger partial charge in [0.15, 0.2) is 5.75 Å². The maximum atomic E-state index is 10.9. The van der Waals surface area contributed by atoms with Crippen molar-refractivity contribution in [3.63, 3.8) is 0 Å². The Kier molecular flexibility index (Phi) is 6.12. The molecule has 2 aromatic carbocycles. The van der Waals surface area contributed by atoms with Gasteiger partial charge in [-0.1, -0.05) is 0 Å². The Bertz CT molecular complexity index is 710. The van der Waals surface area contributed by atoms with E-state index in [2.05, 4.69) is 45.2 Å². The summed E-state index contributed by atoms with van der Waals surface area (Å²) < 4.78 is 13.2. The number of aryl methyl sites for hydroxylation is 2. The molecule has 0 heterocycles. The summed E-state index contributed by atoms with van der Waals surface area (Å²) in [6, 6.07) is 7.55. The monoisotopic (exact) mass is 538 g/mol. The molecule has 0 radical (unpaired) electrons. The van der Waals surface area contributed by atoms with Crippen LogP contribution in [-0.2, 0) is 11.2 Å². The average Bonchev–Trinajstić information content (AvgIpc) is 2.42. The van der Waals surface area contributed by atoms with E-state index in [9.17, 15) is 4.79 Å². The van der Waals surface area contributed by atoms with Crippen molar-refractivity contribution < 1.29 is 19.4 Å². The molecule has 2 rings (SSSR count). The summed E-state index contributed by atoms with van der Waals surface area (Å²) in [6.45, 7) is 3.95. The van der Waals surface area contributed by atoms with Crippen molar-refractivity contribution in [3.8, 4) is 17.2 Å². The Morgan fingerprint density at radius 2 is 1.57 bits per heavy atom. The zero-order valence-corrected chi connectivity index (χ0v) is 17.3. The lowest BCUT2D eigenvalue weighted by Gasteiger charge is -2.15. The highest BCUT2D eigenvalue weighted by atomic mass is 127. The summed E-state index contributed by atoms with van der Waals surface area (Å²) in [5.74, 6) is 1.50. The third-order valence-corrected chi connectivity index (χ3v) is 4.87. The average molecular weight is 538 g/mol. The second-order valence-corrected chi connectivity index (χ2v) is 7.48. The van der Waals surface area contributed by atoms with Crippen molar-refractivity contribution >= 4 is 51.2 Å². The van der Waals surface area contributed by atoms with Crippen molar-refractivity contribution in [2.75, 3.05) is 7.11 Å². The molecule has 4 nitrogen and oxygen atoms in total. The van der Waals surface area contributed by atoms with Crippen LogP contribution in [0.4, 0.5) is 0 Å². The van der Waals surface area contributed by atoms with Gasteiger partial charge in [0.25, 0.3) is 0 Å². The van der Waals surface area contributed by atoms with Gasteiger partial charge >= 0.3 is 5.97 Å². The van der Waals surface area contributed by atoms with Crippen LogP contribution in [0.5, 0.6) is 17.2 Å². The summed E-state index contributed by atoms with van der Waals surface area (Å²) in [5, 5.41) is 8.92. The number of hydrogen-bond donors (Lipinski definition) is 1. The second-order valence-electron chi connectivity index (χ2n) is 5.15. The lowest BCUT2D eigenvalue weighted by molar-refractivity contribution is -0.136. The topological polar surface area (TPSA) is 55.8 Å². The number of aliphatic carboxylic acids is 1. The zero-order valence-electron chi connectivity index (χ0n) is 12.9. The maximum absolute atomic E-state index is 10.9. The van der Waals surface area contributed by atoms with Crippen LogP contribution in [0.1, 0.15) is 16.7 Å². The first kappa shape index (κ1) is 18.3. The first-order valence-electron chi connectivity index (χ1n) is 6.84. The fraction of sp³-hybridized carbons (Fsp3) is 0.235. The van der Waals surface area contributed by atoms with Gasteiger partial charge in [0.2, 0.25) is 0 Å². The molecule has 0 aliphatic carbocycles. The highest BCUT2D eigenvalue weighted by Gasteiger charge is 2.13. The molecule has 1 N–H and O–H groups in total. The van der Waals surface area contributed by atoms with E-state index >= 15 is 0 Å². The number of carboxylic acids is 1. The number of ether oxygens (including phenoxy) is 2. The standard InChI is InChI=1S/C17H16I2O4/c1-9-4-12(5-10(2)16(9)22-3)23-17-13(18)6-11(7-14(17)19)8-15(20)21/h4-7H,8H2,1-3H3,(H,20,21). The molecular weight excluding hydrogens is 522 g/mol. The van der Waals surface area contributed by atoms with Crippen LogP contribution in [0.2, 0.25) is 0 Å². The summed E-state index contributed by atoms with van der Waals surface area (Å²) in [5.41, 5.74) is 2.78. The van der Waals surface area contributed by atoms with Gasteiger partial charge in [0, 0.05) is 0 Å². The molecule has 0 aliphatic heterocycles. The summed E-state index contributed by atoms with van der Waals surface area (Å²) >= 11 is 4.34. The third-order valence-electron chi connectivity index (χ3n) is 3.27. The number of carbonyl (C=O) groups is 1. The van der Waals surface area contributed by atoms with E-state index in [1.54, 1.807) is 7.11 Å². The predicted molar refractivity (Wildman–Crippen MR) is 106 cm³/mol. The van der Waals surface area contributed by atoms with Crippen LogP contribution >= 0.6 is 45.2 Å². The second kappa shape index (κ2) is 7.69. The highest BCUT2D eigenvalue weighted by Crippen LogP contribution is 2.35. The first-order chi connectivity index (χ1) is 10.8. The fourth-order valence-corrected chi connectivity index (χ4v) is 4.51. The minimum absolute atomic E-state index is 0.00698. The van der Waals surface area contributed by atoms with Gasteiger partial charge in [-0.15, -0.1) is 0 Å². The third kappa shape index (κ3) is 4.50. The van der Waals surface area contributed by atoms with Crippen LogP contribution in [0.3, 0.4) is 0 Å². The SMILES string of the molecule is COc1c(C)cc(Oc2c(I)cc(CC(=O)O)cc2I)cc1C. The van der Waals surface area contributed by atoms with Crippen LogP contribution in [0.15, 0.2) is 24.3 Å². The number of methoxy groups -OCH3 is 1. The van der Waals surface area contributed by atoms with Crippen LogP contribution in [0.25, 0.3) is 0 Å². The Balaban J connectivity index is 2.35. The van der Waals surface area contributed by atoms with Crippen LogP contribution in [0, 0.1) is 21.0 Å². The van der Waals surface area contributed by atoms with E-state index < -0.39 is 5.97 Å². The molecule has 0 saturated carbocycles. The molecule has 122 valence electrons. The molecule has 0 atom stereocenters. The minimum Gasteiger partial charge on any atom is -0.496 e. The van der Waals surface area contributed by atoms with Gasteiger partial charge in [-0.25, -0.2) is 0 Å². The molecule has 0 unspecified atom stereocenters. The largest absolute Gasteiger partial charge is 0.496 e. The lowest BCUT2D eigenvalue weighted by Crippen LogP contribution is -2.02. The van der Waals surface area contributed by atoms with E-state index in [0.29, 0.717) is 0 Å². The van der Waals surface area contributed by atoms with Gasteiger partial charge in [0.1, 0.15) is 11.5 Å². The number of hydrogen-bond acceptors (Lipinski definition) is 3. The van der Waals surface area contributed by atoms with Gasteiger partial charge in [-0.3, -0.25) is 4.79 Å². The zero-order chi connectivity index (χ0) is 17.1. The maximum Gasteiger partial charge on any atom is 0.307 e. The minimum atomic E-state index is -0.841. The number of halogens is 2. The molecule has 23 heavy (non-hydrogen) atoms. The van der Waals surface area contributed by atoms with Gasteiger partial charge < -0.3 is 14.6 Å². The molecule has 0 aliphatic rings. The lowest BCUT2D eigenvalue weighted by atomic mass is 10.1. The normalized spacial score (nSPS) is 10.5. The molecule has 6 heteroatoms. The predicted octanol–water partition coefficient (Wildman–Crippen LogP) is 4.94. The quantitative estimate of drug-likeness (QED) is 0.549. The van der Waals surface area contributed by atoms with Crippen molar-refractivity contribution in [3.05, 3.63) is 48.1 Å². The van der Waals surface area contributed by atoms with E-state index in [1.165, 1.54) is 0 Å². The molecule has 0 bridgehead atoms. The summed E-state index contributed by atoms with van der Waals surface area (Å²) in [4.78, 5) is 10.9. The van der Waals surface area contributed by atoms with Crippen molar-refractivity contribution in [1.29, 1.82) is 0 Å². The number of rotatable bonds is 5. The molecule has 0 saturated heterocycles. The van der Waals surface area contributed by atoms with Gasteiger partial charge in [0.05, 0.1) is 20.7 Å². The van der Waals surface area contributed by atoms with Crippen molar-refractivity contribution in [2.24, 2.45) is 0 Å². The molecular formula is C17H16I2O4. The van der Waals surface area contributed by atoms with Crippen LogP contribution < -0.4 is 9.47 Å². The van der Waals surface area contributed by atoms with E-state index in [1.807, 2.05) is 38.1 Å². The highest BCUT2D eigenvalue weighted by molar-refractivity contribution is 14.1. The van der Waals surface area contributed by atoms with Crippen molar-refractivity contribution in [1.82, 2.24) is 0 Å². The van der Waals surface area contributed by atoms with E-state index in [-0.39, 0.29) is 6.42 Å². The Hall–Kier alpha value is -1.03. The Morgan fingerprint density at radius 1 is 1.04 bits per heavy atom. The smallest absolute Gasteiger partial charge is 0.307 e. The van der Waals surface area contributed by atoms with Crippen molar-refractivity contribution in [2.45, 2.75) is 20.3 Å². The molecule has 0 spiro atoms. The summed E-state index contributed by atoms with van der Waals surface area (Å²) in [7, 11) is 1.66. The van der Waals surface area contributed by atoms with E-state index in [0.717, 1.165) is 41.1 Å². The Morgan fingerprint density at radius 3 is 2.00 bits per heavy atom. The number of benzene rings is 2. The fourth-order valence-electron chi connectivity index (χ4n) is 2.40. The van der Waals surface area contributed by atoms with E-state index in [4.69, 9.17) is 14.6 Å². The molecule has 0 amide bonds. The van der Waals surface area contributed by atoms with Gasteiger partial charge in [-0.05, 0) is 100.0 Å².